The number of rotatable bonds is 3. The van der Waals surface area contributed by atoms with Crippen molar-refractivity contribution in [3.05, 3.63) is 11.6 Å². The van der Waals surface area contributed by atoms with Crippen LogP contribution >= 0.6 is 8.25 Å². The van der Waals surface area contributed by atoms with E-state index in [-0.39, 0.29) is 11.5 Å². The zero-order valence-electron chi connectivity index (χ0n) is 8.87. The van der Waals surface area contributed by atoms with Crippen LogP contribution in [0, 0.1) is 5.41 Å². The first-order valence-electron chi connectivity index (χ1n) is 4.21. The Hall–Kier alpha value is -0.240. The molecule has 0 aromatic rings. The highest BCUT2D eigenvalue weighted by Gasteiger charge is 2.31. The highest BCUT2D eigenvalue weighted by molar-refractivity contribution is 7.32. The van der Waals surface area contributed by atoms with Crippen LogP contribution in [-0.2, 0) is 9.09 Å². The van der Waals surface area contributed by atoms with E-state index < -0.39 is 8.25 Å². The van der Waals surface area contributed by atoms with Crippen LogP contribution in [0.1, 0.15) is 34.6 Å². The van der Waals surface area contributed by atoms with Gasteiger partial charge in [0.1, 0.15) is 6.10 Å². The van der Waals surface area contributed by atoms with Crippen molar-refractivity contribution in [1.82, 2.24) is 0 Å². The molecule has 0 saturated heterocycles. The van der Waals surface area contributed by atoms with Crippen molar-refractivity contribution in [2.45, 2.75) is 40.7 Å². The summed E-state index contributed by atoms with van der Waals surface area (Å²) in [5, 5.41) is 0. The van der Waals surface area contributed by atoms with E-state index in [9.17, 15) is 4.57 Å². The van der Waals surface area contributed by atoms with Crippen molar-refractivity contribution in [2.75, 3.05) is 0 Å². The fourth-order valence-corrected chi connectivity index (χ4v) is 1.41. The van der Waals surface area contributed by atoms with Crippen LogP contribution in [0.3, 0.4) is 0 Å². The predicted octanol–water partition coefficient (Wildman–Crippen LogP) is 3.03. The molecule has 3 nitrogen and oxygen atoms in total. The molecule has 2 atom stereocenters. The largest absolute Gasteiger partial charge is 0.695 e. The summed E-state index contributed by atoms with van der Waals surface area (Å²) in [6.07, 6.45) is 1.55. The smallest absolute Gasteiger partial charge is 0.133 e. The van der Waals surface area contributed by atoms with Gasteiger partial charge in [0, 0.05) is 4.57 Å². The standard InChI is InChI=1S/C9H17O3P/c1-7(2)6-8(9(3,4)5)12-13(10)11/h6,8H,1-5H3/p+1. The van der Waals surface area contributed by atoms with Crippen molar-refractivity contribution < 1.29 is 14.0 Å². The number of hydrogen-bond acceptors (Lipinski definition) is 2. The Kier molecular flexibility index (Phi) is 4.76. The molecule has 0 rings (SSSR count). The maximum Gasteiger partial charge on any atom is 0.695 e. The van der Waals surface area contributed by atoms with Gasteiger partial charge in [0.2, 0.25) is 0 Å². The van der Waals surface area contributed by atoms with Gasteiger partial charge in [-0.05, 0) is 19.3 Å². The Balaban J connectivity index is 4.57. The normalized spacial score (nSPS) is 15.1. The van der Waals surface area contributed by atoms with Crippen LogP contribution < -0.4 is 0 Å². The topological polar surface area (TPSA) is 46.5 Å². The van der Waals surface area contributed by atoms with Crippen LogP contribution in [0.15, 0.2) is 11.6 Å². The fraction of sp³-hybridized carbons (Fsp3) is 0.778. The second-order valence-corrected chi connectivity index (χ2v) is 5.06. The lowest BCUT2D eigenvalue weighted by Gasteiger charge is -2.22. The van der Waals surface area contributed by atoms with Crippen molar-refractivity contribution in [1.29, 1.82) is 0 Å². The minimum Gasteiger partial charge on any atom is -0.133 e. The summed E-state index contributed by atoms with van der Waals surface area (Å²) in [4.78, 5) is 8.66. The molecule has 0 aromatic heterocycles. The minimum atomic E-state index is -2.53. The van der Waals surface area contributed by atoms with Crippen molar-refractivity contribution in [2.24, 2.45) is 5.41 Å². The van der Waals surface area contributed by atoms with E-state index in [1.165, 1.54) is 0 Å². The van der Waals surface area contributed by atoms with Crippen LogP contribution in [0.25, 0.3) is 0 Å². The summed E-state index contributed by atoms with van der Waals surface area (Å²) in [6, 6.07) is 0. The molecule has 0 bridgehead atoms. The molecule has 4 heteroatoms. The Morgan fingerprint density at radius 1 is 1.46 bits per heavy atom. The zero-order valence-corrected chi connectivity index (χ0v) is 9.76. The lowest BCUT2D eigenvalue weighted by molar-refractivity contribution is 0.122. The molecule has 0 aliphatic heterocycles. The van der Waals surface area contributed by atoms with Gasteiger partial charge in [-0.25, -0.2) is 0 Å². The van der Waals surface area contributed by atoms with Gasteiger partial charge in [-0.15, -0.1) is 9.42 Å². The molecule has 1 N–H and O–H groups in total. The van der Waals surface area contributed by atoms with E-state index in [0.29, 0.717) is 0 Å². The van der Waals surface area contributed by atoms with E-state index in [1.807, 2.05) is 40.7 Å². The van der Waals surface area contributed by atoms with Gasteiger partial charge < -0.3 is 0 Å². The second kappa shape index (κ2) is 4.85. The molecule has 0 aliphatic rings. The molecule has 76 valence electrons. The van der Waals surface area contributed by atoms with Crippen molar-refractivity contribution >= 4 is 8.25 Å². The lowest BCUT2D eigenvalue weighted by Crippen LogP contribution is -2.25. The van der Waals surface area contributed by atoms with Gasteiger partial charge in [-0.2, -0.15) is 0 Å². The van der Waals surface area contributed by atoms with Gasteiger partial charge in [0.05, 0.1) is 0 Å². The summed E-state index contributed by atoms with van der Waals surface area (Å²) < 4.78 is 15.4. The number of hydrogen-bond donors (Lipinski definition) is 1. The highest BCUT2D eigenvalue weighted by atomic mass is 31.1. The molecule has 13 heavy (non-hydrogen) atoms. The molecule has 0 aliphatic carbocycles. The van der Waals surface area contributed by atoms with E-state index in [0.717, 1.165) is 5.57 Å². The predicted molar refractivity (Wildman–Crippen MR) is 53.6 cm³/mol. The minimum absolute atomic E-state index is 0.162. The third-order valence-corrected chi connectivity index (χ3v) is 1.95. The monoisotopic (exact) mass is 205 g/mol. The van der Waals surface area contributed by atoms with Gasteiger partial charge in [-0.1, -0.05) is 32.4 Å². The molecule has 0 fully saturated rings. The summed E-state index contributed by atoms with van der Waals surface area (Å²) in [7, 11) is -2.53. The average Bonchev–Trinajstić information content (AvgIpc) is 1.81. The average molecular weight is 205 g/mol. The molecule has 0 radical (unpaired) electrons. The van der Waals surface area contributed by atoms with Crippen molar-refractivity contribution in [3.8, 4) is 0 Å². The first-order chi connectivity index (χ1) is 5.73. The fourth-order valence-electron chi connectivity index (χ4n) is 0.838. The van der Waals surface area contributed by atoms with E-state index >= 15 is 0 Å². The quantitative estimate of drug-likeness (QED) is 0.569. The highest BCUT2D eigenvalue weighted by Crippen LogP contribution is 2.31. The summed E-state index contributed by atoms with van der Waals surface area (Å²) in [6.45, 7) is 9.78. The van der Waals surface area contributed by atoms with Crippen molar-refractivity contribution in [3.63, 3.8) is 0 Å². The molecule has 0 spiro atoms. The second-order valence-electron chi connectivity index (χ2n) is 4.37. The maximum atomic E-state index is 10.5. The van der Waals surface area contributed by atoms with E-state index in [1.54, 1.807) is 0 Å². The molecule has 2 unspecified atom stereocenters. The zero-order chi connectivity index (χ0) is 10.6. The van der Waals surface area contributed by atoms with Crippen LogP contribution in [0.4, 0.5) is 0 Å². The third kappa shape index (κ3) is 5.92. The molecule has 0 amide bonds. The Morgan fingerprint density at radius 3 is 2.15 bits per heavy atom. The van der Waals surface area contributed by atoms with Gasteiger partial charge >= 0.3 is 8.25 Å². The Bertz CT molecular complexity index is 211. The van der Waals surface area contributed by atoms with E-state index in [4.69, 9.17) is 9.42 Å². The SMILES string of the molecule is CC(C)=CC(O[P+](=O)O)C(C)(C)C. The van der Waals surface area contributed by atoms with Crippen LogP contribution in [0.5, 0.6) is 0 Å². The third-order valence-electron chi connectivity index (χ3n) is 1.54. The summed E-state index contributed by atoms with van der Waals surface area (Å²) >= 11 is 0. The first-order valence-corrected chi connectivity index (χ1v) is 5.34. The molecule has 0 aromatic carbocycles. The van der Waals surface area contributed by atoms with E-state index in [2.05, 4.69) is 0 Å². The molecular formula is C9H18O3P+. The van der Waals surface area contributed by atoms with Gasteiger partial charge in [0.15, 0.2) is 0 Å². The Labute approximate surface area is 80.8 Å². The van der Waals surface area contributed by atoms with Crippen LogP contribution in [0.2, 0.25) is 0 Å². The summed E-state index contributed by atoms with van der Waals surface area (Å²) in [5.41, 5.74) is 0.919. The first kappa shape index (κ1) is 12.8. The van der Waals surface area contributed by atoms with Gasteiger partial charge in [-0.3, -0.25) is 0 Å². The Morgan fingerprint density at radius 2 is 1.92 bits per heavy atom. The molecular weight excluding hydrogens is 187 g/mol. The lowest BCUT2D eigenvalue weighted by atomic mass is 9.88. The number of allylic oxidation sites excluding steroid dienone is 1. The maximum absolute atomic E-state index is 10.5. The molecule has 0 saturated carbocycles. The van der Waals surface area contributed by atoms with Gasteiger partial charge in [0.25, 0.3) is 0 Å². The summed E-state index contributed by atoms with van der Waals surface area (Å²) in [5.74, 6) is 0. The van der Waals surface area contributed by atoms with Crippen LogP contribution in [-0.4, -0.2) is 11.0 Å². The molecule has 0 heterocycles.